The summed E-state index contributed by atoms with van der Waals surface area (Å²) < 4.78 is 26.2. The van der Waals surface area contributed by atoms with Crippen molar-refractivity contribution in [1.29, 1.82) is 0 Å². The van der Waals surface area contributed by atoms with E-state index in [1.54, 1.807) is 30.5 Å². The van der Waals surface area contributed by atoms with E-state index in [0.29, 0.717) is 73.3 Å². The van der Waals surface area contributed by atoms with Crippen molar-refractivity contribution in [2.45, 2.75) is 25.4 Å². The van der Waals surface area contributed by atoms with Gasteiger partial charge >= 0.3 is 0 Å². The highest BCUT2D eigenvalue weighted by Crippen LogP contribution is 2.40. The molecule has 1 saturated heterocycles. The van der Waals surface area contributed by atoms with Crippen LogP contribution in [0.1, 0.15) is 34.5 Å². The number of aromatic nitrogens is 2. The van der Waals surface area contributed by atoms with E-state index in [-0.39, 0.29) is 17.6 Å². The zero-order chi connectivity index (χ0) is 26.6. The highest BCUT2D eigenvalue weighted by Gasteiger charge is 2.27. The number of carbonyl (C=O) groups excluding carboxylic acids is 2. The number of nitrogen functional groups attached to an aromatic ring is 1. The molecule has 5 rings (SSSR count). The van der Waals surface area contributed by atoms with Gasteiger partial charge in [0.15, 0.2) is 17.3 Å². The van der Waals surface area contributed by atoms with Crippen LogP contribution in [0.3, 0.4) is 0 Å². The van der Waals surface area contributed by atoms with E-state index in [2.05, 4.69) is 9.97 Å². The normalized spacial score (nSPS) is 16.9. The van der Waals surface area contributed by atoms with Crippen LogP contribution >= 0.6 is 11.6 Å². The van der Waals surface area contributed by atoms with Crippen molar-refractivity contribution in [3.63, 3.8) is 0 Å². The Morgan fingerprint density at radius 2 is 1.95 bits per heavy atom. The van der Waals surface area contributed by atoms with Gasteiger partial charge in [-0.1, -0.05) is 11.6 Å². The SMILES string of the molecule is Nc1ccc(/C=C/C(=O)CCC2Cc3cc(-c4cnc(C(=O)N5CCOCC5)c(F)c4)cc(Cl)c3O2)cn1. The average molecular weight is 537 g/mol. The first-order valence-corrected chi connectivity index (χ1v) is 12.7. The molecule has 2 aliphatic rings. The van der Waals surface area contributed by atoms with Crippen molar-refractivity contribution in [1.82, 2.24) is 14.9 Å². The van der Waals surface area contributed by atoms with Gasteiger partial charge in [-0.2, -0.15) is 0 Å². The number of ether oxygens (including phenoxy) is 2. The summed E-state index contributed by atoms with van der Waals surface area (Å²) >= 11 is 6.50. The lowest BCUT2D eigenvalue weighted by Gasteiger charge is -2.26. The zero-order valence-electron chi connectivity index (χ0n) is 20.5. The molecule has 10 heteroatoms. The van der Waals surface area contributed by atoms with E-state index in [0.717, 1.165) is 11.1 Å². The highest BCUT2D eigenvalue weighted by molar-refractivity contribution is 6.32. The summed E-state index contributed by atoms with van der Waals surface area (Å²) in [6.45, 7) is 1.67. The van der Waals surface area contributed by atoms with Crippen LogP contribution in [0.5, 0.6) is 5.75 Å². The van der Waals surface area contributed by atoms with Gasteiger partial charge in [-0.3, -0.25) is 9.59 Å². The fourth-order valence-corrected chi connectivity index (χ4v) is 4.76. The summed E-state index contributed by atoms with van der Waals surface area (Å²) in [4.78, 5) is 34.6. The Kier molecular flexibility index (Phi) is 7.67. The Labute approximate surface area is 224 Å². The molecular weight excluding hydrogens is 511 g/mol. The van der Waals surface area contributed by atoms with Crippen molar-refractivity contribution in [3.8, 4) is 16.9 Å². The molecule has 0 bridgehead atoms. The quantitative estimate of drug-likeness (QED) is 0.447. The summed E-state index contributed by atoms with van der Waals surface area (Å²) in [6.07, 6.45) is 7.52. The van der Waals surface area contributed by atoms with Crippen molar-refractivity contribution in [2.24, 2.45) is 0 Å². The molecule has 8 nitrogen and oxygen atoms in total. The van der Waals surface area contributed by atoms with Crippen LogP contribution in [0.2, 0.25) is 5.02 Å². The van der Waals surface area contributed by atoms with Gasteiger partial charge in [0.2, 0.25) is 0 Å². The lowest BCUT2D eigenvalue weighted by Crippen LogP contribution is -2.41. The van der Waals surface area contributed by atoms with E-state index in [4.69, 9.17) is 26.8 Å². The number of allylic oxidation sites excluding steroid dienone is 1. The molecule has 1 fully saturated rings. The Balaban J connectivity index is 1.22. The van der Waals surface area contributed by atoms with Crippen LogP contribution in [0.15, 0.2) is 48.8 Å². The van der Waals surface area contributed by atoms with Crippen LogP contribution in [0.4, 0.5) is 10.2 Å². The van der Waals surface area contributed by atoms with Gasteiger partial charge in [-0.05, 0) is 65.6 Å². The van der Waals surface area contributed by atoms with Gasteiger partial charge in [0, 0.05) is 43.9 Å². The second-order valence-corrected chi connectivity index (χ2v) is 9.61. The summed E-state index contributed by atoms with van der Waals surface area (Å²) in [5.41, 5.74) is 8.21. The van der Waals surface area contributed by atoms with Gasteiger partial charge in [-0.15, -0.1) is 0 Å². The smallest absolute Gasteiger partial charge is 0.275 e. The second kappa shape index (κ2) is 11.3. The summed E-state index contributed by atoms with van der Waals surface area (Å²) in [5, 5.41) is 0.399. The molecular formula is C28H26ClFN4O4. The van der Waals surface area contributed by atoms with Gasteiger partial charge in [0.05, 0.1) is 18.2 Å². The fourth-order valence-electron chi connectivity index (χ4n) is 4.48. The van der Waals surface area contributed by atoms with Crippen LogP contribution in [0.25, 0.3) is 17.2 Å². The molecule has 0 spiro atoms. The van der Waals surface area contributed by atoms with Gasteiger partial charge in [0.1, 0.15) is 17.7 Å². The lowest BCUT2D eigenvalue weighted by atomic mass is 10.00. The maximum absolute atomic E-state index is 14.9. The monoisotopic (exact) mass is 536 g/mol. The molecule has 2 N–H and O–H groups in total. The van der Waals surface area contributed by atoms with Crippen molar-refractivity contribution in [3.05, 3.63) is 76.5 Å². The number of nitrogens with two attached hydrogens (primary N) is 1. The molecule has 1 aromatic carbocycles. The number of hydrogen-bond donors (Lipinski definition) is 1. The third-order valence-electron chi connectivity index (χ3n) is 6.51. The maximum Gasteiger partial charge on any atom is 0.275 e. The first-order chi connectivity index (χ1) is 18.4. The zero-order valence-corrected chi connectivity index (χ0v) is 21.3. The topological polar surface area (TPSA) is 108 Å². The molecule has 4 heterocycles. The number of amides is 1. The number of morpholine rings is 1. The Morgan fingerprint density at radius 1 is 1.13 bits per heavy atom. The number of carbonyl (C=O) groups is 2. The highest BCUT2D eigenvalue weighted by atomic mass is 35.5. The largest absolute Gasteiger partial charge is 0.488 e. The number of rotatable bonds is 7. The van der Waals surface area contributed by atoms with Crippen LogP contribution < -0.4 is 10.5 Å². The van der Waals surface area contributed by atoms with Gasteiger partial charge in [-0.25, -0.2) is 14.4 Å². The molecule has 196 valence electrons. The van der Waals surface area contributed by atoms with E-state index >= 15 is 0 Å². The summed E-state index contributed by atoms with van der Waals surface area (Å²) in [5.74, 6) is -0.169. The third-order valence-corrected chi connectivity index (χ3v) is 6.79. The van der Waals surface area contributed by atoms with Gasteiger partial charge < -0.3 is 20.1 Å². The first kappa shape index (κ1) is 25.8. The molecule has 0 aliphatic carbocycles. The van der Waals surface area contributed by atoms with E-state index < -0.39 is 11.7 Å². The number of anilines is 1. The Bertz CT molecular complexity index is 1390. The van der Waals surface area contributed by atoms with Crippen LogP contribution in [-0.4, -0.2) is 59.0 Å². The molecule has 3 aromatic rings. The molecule has 1 unspecified atom stereocenters. The molecule has 2 aromatic heterocycles. The Hall–Kier alpha value is -3.82. The van der Waals surface area contributed by atoms with E-state index in [1.807, 2.05) is 6.07 Å². The second-order valence-electron chi connectivity index (χ2n) is 9.20. The van der Waals surface area contributed by atoms with Crippen molar-refractivity contribution in [2.75, 3.05) is 32.0 Å². The first-order valence-electron chi connectivity index (χ1n) is 12.3. The van der Waals surface area contributed by atoms with E-state index in [9.17, 15) is 14.0 Å². The number of halogens is 2. The third kappa shape index (κ3) is 5.84. The summed E-state index contributed by atoms with van der Waals surface area (Å²) in [7, 11) is 0. The molecule has 2 aliphatic heterocycles. The number of fused-ring (bicyclic) bond motifs is 1. The average Bonchev–Trinajstić information content (AvgIpc) is 3.35. The summed E-state index contributed by atoms with van der Waals surface area (Å²) in [6, 6.07) is 8.34. The van der Waals surface area contributed by atoms with Gasteiger partial charge in [0.25, 0.3) is 5.91 Å². The molecule has 0 radical (unpaired) electrons. The predicted molar refractivity (Wildman–Crippen MR) is 141 cm³/mol. The number of benzene rings is 1. The number of pyridine rings is 2. The number of ketones is 1. The van der Waals surface area contributed by atoms with E-state index in [1.165, 1.54) is 23.2 Å². The minimum atomic E-state index is -0.689. The number of hydrogen-bond acceptors (Lipinski definition) is 7. The van der Waals surface area contributed by atoms with Crippen molar-refractivity contribution >= 4 is 35.2 Å². The van der Waals surface area contributed by atoms with Crippen LogP contribution in [-0.2, 0) is 16.0 Å². The number of nitrogens with zero attached hydrogens (tertiary/aromatic N) is 3. The maximum atomic E-state index is 14.9. The van der Waals surface area contributed by atoms with Crippen molar-refractivity contribution < 1.29 is 23.5 Å². The lowest BCUT2D eigenvalue weighted by molar-refractivity contribution is -0.115. The fraction of sp³-hybridized carbons (Fsp3) is 0.286. The molecule has 1 atom stereocenters. The molecule has 1 amide bonds. The standard InChI is InChI=1S/C28H26ClFN4O4/c29-23-13-18(20-14-24(30)26(33-16-20)28(36)34-7-9-37-10-8-34)11-19-12-22(38-27(19)23)5-4-21(35)3-1-17-2-6-25(31)32-15-17/h1-3,6,11,13-16,22H,4-5,7-10,12H2,(H2,31,32)/b3-1+. The Morgan fingerprint density at radius 3 is 2.68 bits per heavy atom. The predicted octanol–water partition coefficient (Wildman–Crippen LogP) is 4.36. The minimum absolute atomic E-state index is 0.0265. The molecule has 38 heavy (non-hydrogen) atoms. The molecule has 0 saturated carbocycles. The van der Waals surface area contributed by atoms with Crippen LogP contribution in [0, 0.1) is 5.82 Å². The minimum Gasteiger partial charge on any atom is -0.488 e.